The molecule has 104 valence electrons. The molecule has 6 nitrogen and oxygen atoms in total. The van der Waals surface area contributed by atoms with E-state index in [2.05, 4.69) is 10.5 Å². The quantitative estimate of drug-likeness (QED) is 0.846. The van der Waals surface area contributed by atoms with Gasteiger partial charge in [0.05, 0.1) is 18.2 Å². The summed E-state index contributed by atoms with van der Waals surface area (Å²) >= 11 is 0. The molecule has 1 fully saturated rings. The maximum Gasteiger partial charge on any atom is 0.310 e. The molecule has 1 aromatic rings. The Labute approximate surface area is 111 Å². The molecule has 0 aliphatic heterocycles. The molecule has 0 aromatic carbocycles. The molecule has 1 aliphatic carbocycles. The number of nitrogens with zero attached hydrogens (tertiary/aromatic N) is 1. The minimum atomic E-state index is -0.885. The van der Waals surface area contributed by atoms with Crippen LogP contribution in [0, 0.1) is 5.41 Å². The first-order valence-electron chi connectivity index (χ1n) is 6.52. The maximum absolute atomic E-state index is 11.9. The van der Waals surface area contributed by atoms with E-state index in [1.165, 1.54) is 6.20 Å². The summed E-state index contributed by atoms with van der Waals surface area (Å²) in [4.78, 5) is 23.3. The molecule has 1 amide bonds. The normalized spacial score (nSPS) is 17.9. The van der Waals surface area contributed by atoms with Crippen LogP contribution in [0.3, 0.4) is 0 Å². The van der Waals surface area contributed by atoms with Gasteiger partial charge in [-0.1, -0.05) is 24.4 Å². The minimum absolute atomic E-state index is 0.0382. The van der Waals surface area contributed by atoms with Crippen molar-refractivity contribution in [2.75, 3.05) is 0 Å². The SMILES string of the molecule is O=C(CC1(C(=O)O)CCCCC1)NCc1ccno1. The molecule has 2 N–H and O–H groups in total. The standard InChI is InChI=1S/C13H18N2O4/c16-11(14-9-10-4-7-15-19-10)8-13(12(17)18)5-2-1-3-6-13/h4,7H,1-3,5-6,8-9H2,(H,14,16)(H,17,18). The van der Waals surface area contributed by atoms with Crippen LogP contribution >= 0.6 is 0 Å². The van der Waals surface area contributed by atoms with Gasteiger partial charge in [-0.05, 0) is 12.8 Å². The molecule has 0 saturated heterocycles. The molecular weight excluding hydrogens is 248 g/mol. The number of carboxylic acids is 1. The molecule has 1 saturated carbocycles. The van der Waals surface area contributed by atoms with Gasteiger partial charge in [0.1, 0.15) is 0 Å². The van der Waals surface area contributed by atoms with Gasteiger partial charge < -0.3 is 14.9 Å². The van der Waals surface area contributed by atoms with E-state index in [9.17, 15) is 14.7 Å². The number of aliphatic carboxylic acids is 1. The maximum atomic E-state index is 11.9. The van der Waals surface area contributed by atoms with Crippen molar-refractivity contribution in [2.45, 2.75) is 45.1 Å². The van der Waals surface area contributed by atoms with Crippen molar-refractivity contribution in [1.82, 2.24) is 10.5 Å². The largest absolute Gasteiger partial charge is 0.481 e. The summed E-state index contributed by atoms with van der Waals surface area (Å²) in [7, 11) is 0. The van der Waals surface area contributed by atoms with Crippen molar-refractivity contribution in [2.24, 2.45) is 5.41 Å². The zero-order chi connectivity index (χ0) is 13.7. The van der Waals surface area contributed by atoms with Crippen LogP contribution in [-0.2, 0) is 16.1 Å². The number of carbonyl (C=O) groups excluding carboxylic acids is 1. The lowest BCUT2D eigenvalue weighted by Crippen LogP contribution is -2.39. The molecule has 1 aromatic heterocycles. The summed E-state index contributed by atoms with van der Waals surface area (Å²) in [5, 5.41) is 15.6. The number of aromatic nitrogens is 1. The Morgan fingerprint density at radius 2 is 2.11 bits per heavy atom. The van der Waals surface area contributed by atoms with E-state index < -0.39 is 11.4 Å². The number of carboxylic acid groups (broad SMARTS) is 1. The molecular formula is C13H18N2O4. The van der Waals surface area contributed by atoms with Crippen LogP contribution in [0.4, 0.5) is 0 Å². The van der Waals surface area contributed by atoms with Crippen molar-refractivity contribution < 1.29 is 19.2 Å². The third-order valence-electron chi connectivity index (χ3n) is 3.71. The van der Waals surface area contributed by atoms with E-state index >= 15 is 0 Å². The highest BCUT2D eigenvalue weighted by molar-refractivity contribution is 5.85. The number of amides is 1. The molecule has 0 unspecified atom stereocenters. The molecule has 1 aliphatic rings. The van der Waals surface area contributed by atoms with Crippen molar-refractivity contribution in [3.63, 3.8) is 0 Å². The fourth-order valence-corrected chi connectivity index (χ4v) is 2.58. The second-order valence-electron chi connectivity index (χ2n) is 5.08. The Morgan fingerprint density at radius 1 is 1.37 bits per heavy atom. The van der Waals surface area contributed by atoms with Crippen LogP contribution in [0.5, 0.6) is 0 Å². The van der Waals surface area contributed by atoms with Crippen molar-refractivity contribution in [3.05, 3.63) is 18.0 Å². The fourth-order valence-electron chi connectivity index (χ4n) is 2.58. The molecule has 6 heteroatoms. The van der Waals surface area contributed by atoms with Crippen LogP contribution in [-0.4, -0.2) is 22.1 Å². The fraction of sp³-hybridized carbons (Fsp3) is 0.615. The number of hydrogen-bond donors (Lipinski definition) is 2. The summed E-state index contributed by atoms with van der Waals surface area (Å²) in [5.74, 6) is -0.552. The molecule has 0 spiro atoms. The highest BCUT2D eigenvalue weighted by atomic mass is 16.5. The Hall–Kier alpha value is -1.85. The number of carbonyl (C=O) groups is 2. The second kappa shape index (κ2) is 5.86. The average Bonchev–Trinajstić information content (AvgIpc) is 2.90. The van der Waals surface area contributed by atoms with E-state index in [0.29, 0.717) is 18.6 Å². The van der Waals surface area contributed by atoms with E-state index in [1.807, 2.05) is 0 Å². The number of hydrogen-bond acceptors (Lipinski definition) is 4. The second-order valence-corrected chi connectivity index (χ2v) is 5.08. The average molecular weight is 266 g/mol. The van der Waals surface area contributed by atoms with Gasteiger partial charge in [-0.25, -0.2) is 0 Å². The highest BCUT2D eigenvalue weighted by Crippen LogP contribution is 2.39. The summed E-state index contributed by atoms with van der Waals surface area (Å²) in [6.45, 7) is 0.245. The van der Waals surface area contributed by atoms with Crippen molar-refractivity contribution in [1.29, 1.82) is 0 Å². The van der Waals surface area contributed by atoms with Gasteiger partial charge in [-0.2, -0.15) is 0 Å². The predicted octanol–water partition coefficient (Wildman–Crippen LogP) is 1.72. The molecule has 0 atom stereocenters. The number of nitrogens with one attached hydrogen (secondary N) is 1. The van der Waals surface area contributed by atoms with Crippen LogP contribution in [0.2, 0.25) is 0 Å². The topological polar surface area (TPSA) is 92.4 Å². The van der Waals surface area contributed by atoms with Gasteiger partial charge in [0.2, 0.25) is 5.91 Å². The minimum Gasteiger partial charge on any atom is -0.481 e. The Balaban J connectivity index is 1.90. The number of rotatable bonds is 5. The summed E-state index contributed by atoms with van der Waals surface area (Å²) < 4.78 is 4.87. The molecule has 0 radical (unpaired) electrons. The molecule has 0 bridgehead atoms. The van der Waals surface area contributed by atoms with E-state index in [0.717, 1.165) is 19.3 Å². The Kier molecular flexibility index (Phi) is 4.19. The highest BCUT2D eigenvalue weighted by Gasteiger charge is 2.41. The smallest absolute Gasteiger partial charge is 0.310 e. The first-order valence-corrected chi connectivity index (χ1v) is 6.52. The van der Waals surface area contributed by atoms with Crippen molar-refractivity contribution in [3.8, 4) is 0 Å². The van der Waals surface area contributed by atoms with Gasteiger partial charge in [0.15, 0.2) is 5.76 Å². The van der Waals surface area contributed by atoms with Crippen LogP contribution in [0.1, 0.15) is 44.3 Å². The van der Waals surface area contributed by atoms with E-state index in [-0.39, 0.29) is 18.9 Å². The molecule has 1 heterocycles. The van der Waals surface area contributed by atoms with Crippen LogP contribution in [0.25, 0.3) is 0 Å². The lowest BCUT2D eigenvalue weighted by molar-refractivity contribution is -0.154. The van der Waals surface area contributed by atoms with Crippen molar-refractivity contribution >= 4 is 11.9 Å². The van der Waals surface area contributed by atoms with Gasteiger partial charge >= 0.3 is 5.97 Å². The van der Waals surface area contributed by atoms with Gasteiger partial charge in [0, 0.05) is 12.5 Å². The monoisotopic (exact) mass is 266 g/mol. The zero-order valence-electron chi connectivity index (χ0n) is 10.7. The van der Waals surface area contributed by atoms with Gasteiger partial charge in [0.25, 0.3) is 0 Å². The third kappa shape index (κ3) is 3.33. The third-order valence-corrected chi connectivity index (χ3v) is 3.71. The first kappa shape index (κ1) is 13.6. The summed E-state index contributed by atoms with van der Waals surface area (Å²) in [6, 6.07) is 1.66. The first-order chi connectivity index (χ1) is 9.12. The summed E-state index contributed by atoms with van der Waals surface area (Å²) in [6.07, 6.45) is 5.51. The summed E-state index contributed by atoms with van der Waals surface area (Å²) in [5.41, 5.74) is -0.885. The predicted molar refractivity (Wildman–Crippen MR) is 66.1 cm³/mol. The van der Waals surface area contributed by atoms with Crippen LogP contribution in [0.15, 0.2) is 16.8 Å². The Morgan fingerprint density at radius 3 is 2.68 bits per heavy atom. The molecule has 2 rings (SSSR count). The Bertz CT molecular complexity index is 436. The van der Waals surface area contributed by atoms with Crippen LogP contribution < -0.4 is 5.32 Å². The van der Waals surface area contributed by atoms with Gasteiger partial charge in [-0.3, -0.25) is 9.59 Å². The molecule has 19 heavy (non-hydrogen) atoms. The van der Waals surface area contributed by atoms with Gasteiger partial charge in [-0.15, -0.1) is 0 Å². The van der Waals surface area contributed by atoms with E-state index in [4.69, 9.17) is 4.52 Å². The zero-order valence-corrected chi connectivity index (χ0v) is 10.7. The lowest BCUT2D eigenvalue weighted by atomic mass is 9.71. The lowest BCUT2D eigenvalue weighted by Gasteiger charge is -2.32. The van der Waals surface area contributed by atoms with E-state index in [1.54, 1.807) is 6.07 Å².